The zero-order valence-electron chi connectivity index (χ0n) is 17.2. The van der Waals surface area contributed by atoms with Crippen molar-refractivity contribution < 1.29 is 13.7 Å². The highest BCUT2D eigenvalue weighted by Gasteiger charge is 2.36. The Bertz CT molecular complexity index is 1070. The summed E-state index contributed by atoms with van der Waals surface area (Å²) in [6.45, 7) is 7.02. The molecule has 4 rings (SSSR count). The molecule has 7 heteroatoms. The van der Waals surface area contributed by atoms with Crippen LogP contribution >= 0.6 is 15.9 Å². The molecule has 1 amide bonds. The summed E-state index contributed by atoms with van der Waals surface area (Å²) in [5.74, 6) is 0.499. The van der Waals surface area contributed by atoms with Gasteiger partial charge in [0.05, 0.1) is 4.47 Å². The van der Waals surface area contributed by atoms with Crippen molar-refractivity contribution in [2.75, 3.05) is 0 Å². The first kappa shape index (κ1) is 20.7. The summed E-state index contributed by atoms with van der Waals surface area (Å²) in [6.07, 6.45) is 1.08. The van der Waals surface area contributed by atoms with Gasteiger partial charge in [-0.25, -0.2) is 4.39 Å². The lowest BCUT2D eigenvalue weighted by Crippen LogP contribution is -2.27. The molecule has 0 saturated carbocycles. The fourth-order valence-electron chi connectivity index (χ4n) is 3.62. The number of amides is 1. The Hall–Kier alpha value is -2.54. The summed E-state index contributed by atoms with van der Waals surface area (Å²) in [4.78, 5) is 18.8. The van der Waals surface area contributed by atoms with Crippen LogP contribution in [0.2, 0.25) is 0 Å². The molecule has 0 aliphatic carbocycles. The molecule has 1 aromatic heterocycles. The van der Waals surface area contributed by atoms with Crippen LogP contribution in [0.3, 0.4) is 0 Å². The molecule has 1 atom stereocenters. The molecule has 3 aromatic rings. The van der Waals surface area contributed by atoms with Gasteiger partial charge in [0.15, 0.2) is 0 Å². The highest BCUT2D eigenvalue weighted by molar-refractivity contribution is 9.10. The maximum Gasteiger partial charge on any atom is 0.249 e. The quantitative estimate of drug-likeness (QED) is 0.482. The minimum Gasteiger partial charge on any atom is -0.337 e. The van der Waals surface area contributed by atoms with E-state index in [0.29, 0.717) is 41.1 Å². The Balaban J connectivity index is 1.55. The average Bonchev–Trinajstić information content (AvgIpc) is 3.31. The van der Waals surface area contributed by atoms with Crippen molar-refractivity contribution in [1.82, 2.24) is 15.0 Å². The molecule has 1 fully saturated rings. The SMILES string of the molecule is CC(C)(C)c1ccc(CN2C(=O)CCC2c2nc(-c3ccc(F)c(Br)c3)no2)cc1. The van der Waals surface area contributed by atoms with Gasteiger partial charge in [-0.15, -0.1) is 0 Å². The summed E-state index contributed by atoms with van der Waals surface area (Å²) >= 11 is 3.17. The van der Waals surface area contributed by atoms with Crippen LogP contribution in [-0.4, -0.2) is 20.9 Å². The largest absolute Gasteiger partial charge is 0.337 e. The molecule has 1 aliphatic heterocycles. The Morgan fingerprint density at radius 1 is 1.20 bits per heavy atom. The average molecular weight is 472 g/mol. The summed E-state index contributed by atoms with van der Waals surface area (Å²) in [7, 11) is 0. The van der Waals surface area contributed by atoms with E-state index in [4.69, 9.17) is 4.52 Å². The van der Waals surface area contributed by atoms with E-state index in [1.54, 1.807) is 17.0 Å². The Morgan fingerprint density at radius 3 is 2.60 bits per heavy atom. The van der Waals surface area contributed by atoms with Crippen LogP contribution in [0.4, 0.5) is 4.39 Å². The molecular formula is C23H23BrFN3O2. The second-order valence-corrected chi connectivity index (χ2v) is 9.46. The first-order valence-electron chi connectivity index (χ1n) is 9.90. The van der Waals surface area contributed by atoms with Crippen molar-refractivity contribution in [1.29, 1.82) is 0 Å². The predicted molar refractivity (Wildman–Crippen MR) is 115 cm³/mol. The van der Waals surface area contributed by atoms with Crippen LogP contribution in [0.15, 0.2) is 51.5 Å². The molecule has 1 unspecified atom stereocenters. The van der Waals surface area contributed by atoms with Crippen LogP contribution in [-0.2, 0) is 16.8 Å². The smallest absolute Gasteiger partial charge is 0.249 e. The summed E-state index contributed by atoms with van der Waals surface area (Å²) < 4.78 is 19.3. The van der Waals surface area contributed by atoms with Gasteiger partial charge < -0.3 is 9.42 Å². The van der Waals surface area contributed by atoms with Gasteiger partial charge >= 0.3 is 0 Å². The van der Waals surface area contributed by atoms with Gasteiger partial charge in [-0.2, -0.15) is 4.98 Å². The standard InChI is InChI=1S/C23H23BrFN3O2/c1-23(2,3)16-7-4-14(5-8-16)13-28-19(10-11-20(28)29)22-26-21(27-30-22)15-6-9-18(25)17(24)12-15/h4-9,12,19H,10-11,13H2,1-3H3. The number of likely N-dealkylation sites (tertiary alicyclic amines) is 1. The van der Waals surface area contributed by atoms with Gasteiger partial charge in [0.2, 0.25) is 17.6 Å². The maximum atomic E-state index is 13.5. The zero-order chi connectivity index (χ0) is 21.5. The number of carbonyl (C=O) groups excluding carboxylic acids is 1. The van der Waals surface area contributed by atoms with Crippen molar-refractivity contribution >= 4 is 21.8 Å². The highest BCUT2D eigenvalue weighted by atomic mass is 79.9. The van der Waals surface area contributed by atoms with Crippen LogP contribution < -0.4 is 0 Å². The van der Waals surface area contributed by atoms with E-state index in [1.807, 2.05) is 0 Å². The van der Waals surface area contributed by atoms with Crippen molar-refractivity contribution in [2.24, 2.45) is 0 Å². The van der Waals surface area contributed by atoms with Crippen LogP contribution in [0.5, 0.6) is 0 Å². The Morgan fingerprint density at radius 2 is 1.93 bits per heavy atom. The third-order valence-corrected chi connectivity index (χ3v) is 6.01. The van der Waals surface area contributed by atoms with E-state index in [-0.39, 0.29) is 23.2 Å². The van der Waals surface area contributed by atoms with Gasteiger partial charge in [-0.1, -0.05) is 50.2 Å². The van der Waals surface area contributed by atoms with Gasteiger partial charge in [-0.05, 0) is 57.1 Å². The molecule has 0 radical (unpaired) electrons. The topological polar surface area (TPSA) is 59.2 Å². The maximum absolute atomic E-state index is 13.5. The van der Waals surface area contributed by atoms with Crippen LogP contribution in [0.1, 0.15) is 56.7 Å². The first-order valence-corrected chi connectivity index (χ1v) is 10.7. The number of hydrogen-bond donors (Lipinski definition) is 0. The van der Waals surface area contributed by atoms with Crippen molar-refractivity contribution in [2.45, 2.75) is 51.6 Å². The van der Waals surface area contributed by atoms with Crippen LogP contribution in [0.25, 0.3) is 11.4 Å². The van der Waals surface area contributed by atoms with Gasteiger partial charge in [0.1, 0.15) is 11.9 Å². The molecule has 0 N–H and O–H groups in total. The normalized spacial score (nSPS) is 17.0. The predicted octanol–water partition coefficient (Wildman–Crippen LogP) is 5.80. The lowest BCUT2D eigenvalue weighted by Gasteiger charge is -2.23. The molecule has 0 bridgehead atoms. The van der Waals surface area contributed by atoms with Gasteiger partial charge in [0, 0.05) is 18.5 Å². The van der Waals surface area contributed by atoms with E-state index in [0.717, 1.165) is 5.56 Å². The summed E-state index contributed by atoms with van der Waals surface area (Å²) in [5, 5.41) is 4.04. The van der Waals surface area contributed by atoms with Crippen molar-refractivity contribution in [3.05, 3.63) is 69.8 Å². The van der Waals surface area contributed by atoms with E-state index in [1.165, 1.54) is 11.6 Å². The minimum atomic E-state index is -0.354. The molecule has 5 nitrogen and oxygen atoms in total. The first-order chi connectivity index (χ1) is 14.2. The van der Waals surface area contributed by atoms with Crippen molar-refractivity contribution in [3.63, 3.8) is 0 Å². The van der Waals surface area contributed by atoms with Gasteiger partial charge in [0.25, 0.3) is 0 Å². The molecule has 1 saturated heterocycles. The van der Waals surface area contributed by atoms with E-state index < -0.39 is 0 Å². The highest BCUT2D eigenvalue weighted by Crippen LogP contribution is 2.35. The number of carbonyl (C=O) groups is 1. The molecule has 2 aromatic carbocycles. The van der Waals surface area contributed by atoms with E-state index in [2.05, 4.69) is 71.1 Å². The molecule has 2 heterocycles. The lowest BCUT2D eigenvalue weighted by molar-refractivity contribution is -0.129. The third kappa shape index (κ3) is 4.17. The molecular weight excluding hydrogens is 449 g/mol. The van der Waals surface area contributed by atoms with Gasteiger partial charge in [-0.3, -0.25) is 4.79 Å². The Kier molecular flexibility index (Phi) is 5.49. The fourth-order valence-corrected chi connectivity index (χ4v) is 4.00. The van der Waals surface area contributed by atoms with E-state index >= 15 is 0 Å². The molecule has 0 spiro atoms. The third-order valence-electron chi connectivity index (χ3n) is 5.41. The zero-order valence-corrected chi connectivity index (χ0v) is 18.7. The molecule has 30 heavy (non-hydrogen) atoms. The summed E-state index contributed by atoms with van der Waals surface area (Å²) in [6, 6.07) is 12.7. The van der Waals surface area contributed by atoms with Crippen LogP contribution in [0, 0.1) is 5.82 Å². The minimum absolute atomic E-state index is 0.0733. The molecule has 1 aliphatic rings. The number of aromatic nitrogens is 2. The number of nitrogens with zero attached hydrogens (tertiary/aromatic N) is 3. The Labute approximate surface area is 183 Å². The summed E-state index contributed by atoms with van der Waals surface area (Å²) in [5.41, 5.74) is 3.04. The second-order valence-electron chi connectivity index (χ2n) is 8.61. The monoisotopic (exact) mass is 471 g/mol. The van der Waals surface area contributed by atoms with Crippen molar-refractivity contribution in [3.8, 4) is 11.4 Å². The number of hydrogen-bond acceptors (Lipinski definition) is 4. The lowest BCUT2D eigenvalue weighted by atomic mass is 9.87. The second kappa shape index (κ2) is 7.95. The number of benzene rings is 2. The van der Waals surface area contributed by atoms with E-state index in [9.17, 15) is 9.18 Å². The number of rotatable bonds is 4. The fraction of sp³-hybridized carbons (Fsp3) is 0.348. The number of halogens is 2. The molecule has 156 valence electrons.